The minimum atomic E-state index is -4.05. The smallest absolute Gasteiger partial charge is 0.265 e. The van der Waals surface area contributed by atoms with E-state index < -0.39 is 27.1 Å². The molecule has 1 aliphatic heterocycles. The van der Waals surface area contributed by atoms with E-state index in [-0.39, 0.29) is 33.4 Å². The van der Waals surface area contributed by atoms with Crippen molar-refractivity contribution in [3.63, 3.8) is 0 Å². The Kier molecular flexibility index (Phi) is 9.86. The molecule has 1 heterocycles. The van der Waals surface area contributed by atoms with E-state index in [1.54, 1.807) is 18.9 Å². The zero-order chi connectivity index (χ0) is 31.0. The third kappa shape index (κ3) is 6.30. The number of carbonyl (C=O) groups excluding carboxylic acids is 2. The number of hydrogen-bond donors (Lipinski definition) is 2. The number of ether oxygens (including phenoxy) is 1. The fraction of sp³-hybridized carbons (Fsp3) is 0.533. The number of halogens is 1. The van der Waals surface area contributed by atoms with Crippen molar-refractivity contribution in [3.8, 4) is 5.75 Å². The number of fused-ring (bicyclic) bond motifs is 3. The van der Waals surface area contributed by atoms with Gasteiger partial charge in [-0.3, -0.25) is 14.1 Å². The number of aliphatic hydroxyl groups is 1. The van der Waals surface area contributed by atoms with E-state index in [0.29, 0.717) is 13.0 Å². The summed E-state index contributed by atoms with van der Waals surface area (Å²) in [6.07, 6.45) is 0.442. The molecule has 230 valence electrons. The fourth-order valence-electron chi connectivity index (χ4n) is 6.43. The Bertz CT molecular complexity index is 1420. The molecule has 6 atom stereocenters. The van der Waals surface area contributed by atoms with Gasteiger partial charge in [0.25, 0.3) is 16.0 Å². The topological polar surface area (TPSA) is 124 Å². The van der Waals surface area contributed by atoms with Gasteiger partial charge in [0.2, 0.25) is 0 Å². The number of Topliss-reactive ketones (excluding diaryl/α,β-unsaturated/α-hetero) is 1. The van der Waals surface area contributed by atoms with Crippen molar-refractivity contribution in [3.05, 3.63) is 54.1 Å². The van der Waals surface area contributed by atoms with E-state index in [1.165, 1.54) is 11.8 Å². The highest BCUT2D eigenvalue weighted by atomic mass is 79.9. The zero-order valence-electron chi connectivity index (χ0n) is 24.5. The van der Waals surface area contributed by atoms with E-state index in [4.69, 9.17) is 9.29 Å². The number of ketones is 1. The van der Waals surface area contributed by atoms with Gasteiger partial charge in [0, 0.05) is 28.8 Å². The molecule has 12 heteroatoms. The van der Waals surface area contributed by atoms with Gasteiger partial charge < -0.3 is 19.6 Å². The average molecular weight is 684 g/mol. The first-order chi connectivity index (χ1) is 19.6. The van der Waals surface area contributed by atoms with E-state index in [1.807, 2.05) is 74.4 Å². The summed E-state index contributed by atoms with van der Waals surface area (Å²) in [6.45, 7) is 4.89. The quantitative estimate of drug-likeness (QED) is 0.322. The molecule has 2 bridgehead atoms. The Balaban J connectivity index is 0.000000216. The van der Waals surface area contributed by atoms with Crippen LogP contribution in [0.1, 0.15) is 37.5 Å². The molecule has 3 aliphatic rings. The van der Waals surface area contributed by atoms with Crippen molar-refractivity contribution >= 4 is 55.2 Å². The molecular weight excluding hydrogens is 644 g/mol. The van der Waals surface area contributed by atoms with Crippen molar-refractivity contribution in [1.29, 1.82) is 0 Å². The molecule has 2 N–H and O–H groups in total. The summed E-state index contributed by atoms with van der Waals surface area (Å²) in [6, 6.07) is 15.4. The van der Waals surface area contributed by atoms with Gasteiger partial charge in [-0.05, 0) is 62.7 Å². The number of methoxy groups -OCH3 is 1. The van der Waals surface area contributed by atoms with E-state index >= 15 is 0 Å². The molecule has 2 saturated carbocycles. The second-order valence-corrected chi connectivity index (χ2v) is 15.5. The lowest BCUT2D eigenvalue weighted by atomic mass is 9.70. The molecule has 42 heavy (non-hydrogen) atoms. The highest BCUT2D eigenvalue weighted by Gasteiger charge is 2.68. The first kappa shape index (κ1) is 32.9. The van der Waals surface area contributed by atoms with Crippen LogP contribution in [0.3, 0.4) is 0 Å². The number of aliphatic hydroxyl groups excluding tert-OH is 1. The molecule has 2 aromatic rings. The number of amides is 1. The highest BCUT2D eigenvalue weighted by molar-refractivity contribution is 9.10. The van der Waals surface area contributed by atoms with Gasteiger partial charge in [0.1, 0.15) is 11.9 Å². The van der Waals surface area contributed by atoms with Crippen LogP contribution >= 0.6 is 27.7 Å². The largest absolute Gasteiger partial charge is 0.497 e. The summed E-state index contributed by atoms with van der Waals surface area (Å²) in [7, 11) is 1.51. The van der Waals surface area contributed by atoms with Crippen LogP contribution in [0, 0.1) is 16.7 Å². The van der Waals surface area contributed by atoms with Crippen LogP contribution in [-0.2, 0) is 19.7 Å². The normalized spacial score (nSPS) is 30.5. The number of likely N-dealkylation sites (N-methyl/N-ethyl adjacent to an activating group) is 1. The molecule has 0 spiro atoms. The molecule has 2 aromatic carbocycles. The van der Waals surface area contributed by atoms with Crippen LogP contribution in [0.15, 0.2) is 53.4 Å². The van der Waals surface area contributed by atoms with Gasteiger partial charge in [-0.2, -0.15) is 8.42 Å². The van der Waals surface area contributed by atoms with Crippen molar-refractivity contribution in [2.75, 3.05) is 44.9 Å². The number of nitrogens with zero attached hydrogens (tertiary/aromatic N) is 2. The van der Waals surface area contributed by atoms with Crippen molar-refractivity contribution in [2.24, 2.45) is 16.7 Å². The molecule has 0 saturated heterocycles. The summed E-state index contributed by atoms with van der Waals surface area (Å²) < 4.78 is 36.4. The van der Waals surface area contributed by atoms with Gasteiger partial charge in [0.05, 0.1) is 28.6 Å². The third-order valence-electron chi connectivity index (χ3n) is 9.09. The van der Waals surface area contributed by atoms with Crippen LogP contribution in [0.5, 0.6) is 5.75 Å². The Morgan fingerprint density at radius 2 is 1.76 bits per heavy atom. The number of hydrogen-bond acceptors (Lipinski definition) is 8. The van der Waals surface area contributed by atoms with Gasteiger partial charge in [-0.1, -0.05) is 54.0 Å². The predicted octanol–water partition coefficient (Wildman–Crippen LogP) is 4.44. The Morgan fingerprint density at radius 3 is 2.31 bits per heavy atom. The molecule has 5 rings (SSSR count). The number of thioether (sulfide) groups is 1. The lowest BCUT2D eigenvalue weighted by molar-refractivity contribution is -0.128. The number of alkyl halides is 1. The SMILES string of the molecule is CC12CCC(C(Br)C1=O)C2(C)CS(=O)(=O)O.COc1ccc([C@@H]2Sc3ccccc3N(CCN(C)C)C(=O)[C@@H]2O)cc1. The molecule has 2 aliphatic carbocycles. The second-order valence-electron chi connectivity index (χ2n) is 11.9. The molecule has 0 radical (unpaired) electrons. The molecular formula is C30H39BrN2O7S2. The Morgan fingerprint density at radius 1 is 1.12 bits per heavy atom. The number of carbonyl (C=O) groups is 2. The van der Waals surface area contributed by atoms with Gasteiger partial charge in [-0.15, -0.1) is 11.8 Å². The number of rotatable bonds is 7. The summed E-state index contributed by atoms with van der Waals surface area (Å²) in [4.78, 5) is 29.6. The monoisotopic (exact) mass is 682 g/mol. The summed E-state index contributed by atoms with van der Waals surface area (Å²) in [5.74, 6) is 0.253. The van der Waals surface area contributed by atoms with Crippen LogP contribution in [0.4, 0.5) is 5.69 Å². The molecule has 4 unspecified atom stereocenters. The number of benzene rings is 2. The molecule has 0 aromatic heterocycles. The summed E-state index contributed by atoms with van der Waals surface area (Å²) in [5, 5.41) is 10.5. The van der Waals surface area contributed by atoms with Crippen LogP contribution in [-0.4, -0.2) is 85.6 Å². The van der Waals surface area contributed by atoms with Crippen LogP contribution in [0.2, 0.25) is 0 Å². The summed E-state index contributed by atoms with van der Waals surface area (Å²) in [5.41, 5.74) is 0.494. The number of para-hydroxylation sites is 1. The van der Waals surface area contributed by atoms with E-state index in [0.717, 1.165) is 34.9 Å². The van der Waals surface area contributed by atoms with Crippen molar-refractivity contribution < 1.29 is 32.4 Å². The second kappa shape index (κ2) is 12.6. The predicted molar refractivity (Wildman–Crippen MR) is 168 cm³/mol. The minimum Gasteiger partial charge on any atom is -0.497 e. The Hall–Kier alpha value is -1.96. The van der Waals surface area contributed by atoms with Gasteiger partial charge in [-0.25, -0.2) is 0 Å². The van der Waals surface area contributed by atoms with E-state index in [2.05, 4.69) is 15.9 Å². The zero-order valence-corrected chi connectivity index (χ0v) is 27.7. The lowest BCUT2D eigenvalue weighted by Crippen LogP contribution is -2.43. The maximum absolute atomic E-state index is 13.0. The molecule has 9 nitrogen and oxygen atoms in total. The van der Waals surface area contributed by atoms with Crippen molar-refractivity contribution in [2.45, 2.75) is 47.8 Å². The standard InChI is InChI=1S/C20H24N2O3S.C10H15BrO4S/c1-21(2)12-13-22-16-6-4-5-7-17(16)26-19(18(23)20(22)24)14-8-10-15(25-3)11-9-14;1-9-4-3-6(7(11)8(9)12)10(9,2)5-16(13,14)15/h4-11,18-19,23H,12-13H2,1-3H3;6-7H,3-5H2,1-2H3,(H,13,14,15)/t18-,19+;/m1./s1. The molecule has 2 fully saturated rings. The third-order valence-corrected chi connectivity index (χ3v) is 12.5. The fourth-order valence-corrected chi connectivity index (χ4v) is 10.3. The lowest BCUT2D eigenvalue weighted by Gasteiger charge is -2.35. The average Bonchev–Trinajstić information content (AvgIpc) is 3.20. The Labute approximate surface area is 260 Å². The first-order valence-corrected chi connectivity index (χ1v) is 17.2. The molecule has 1 amide bonds. The van der Waals surface area contributed by atoms with Gasteiger partial charge in [0.15, 0.2) is 5.78 Å². The van der Waals surface area contributed by atoms with Crippen LogP contribution in [0.25, 0.3) is 0 Å². The number of anilines is 1. The maximum Gasteiger partial charge on any atom is 0.265 e. The maximum atomic E-state index is 13.0. The minimum absolute atomic E-state index is 0.00641. The van der Waals surface area contributed by atoms with E-state index in [9.17, 15) is 23.1 Å². The van der Waals surface area contributed by atoms with Crippen LogP contribution < -0.4 is 9.64 Å². The van der Waals surface area contributed by atoms with Crippen molar-refractivity contribution in [1.82, 2.24) is 4.90 Å². The highest BCUT2D eigenvalue weighted by Crippen LogP contribution is 2.65. The summed E-state index contributed by atoms with van der Waals surface area (Å²) >= 11 is 4.88. The first-order valence-electron chi connectivity index (χ1n) is 13.8. The van der Waals surface area contributed by atoms with Gasteiger partial charge >= 0.3 is 0 Å².